The summed E-state index contributed by atoms with van der Waals surface area (Å²) in [6.07, 6.45) is 2.31. The minimum absolute atomic E-state index is 0.174. The van der Waals surface area contributed by atoms with Crippen molar-refractivity contribution in [3.63, 3.8) is 0 Å². The van der Waals surface area contributed by atoms with E-state index in [1.54, 1.807) is 6.07 Å². The van der Waals surface area contributed by atoms with Gasteiger partial charge in [0.05, 0.1) is 0 Å². The van der Waals surface area contributed by atoms with Gasteiger partial charge in [-0.1, -0.05) is 19.9 Å². The van der Waals surface area contributed by atoms with Crippen LogP contribution in [-0.4, -0.2) is 21.0 Å². The molecular weight excluding hydrogens is 279 g/mol. The zero-order valence-electron chi connectivity index (χ0n) is 11.8. The van der Waals surface area contributed by atoms with E-state index >= 15 is 0 Å². The summed E-state index contributed by atoms with van der Waals surface area (Å²) < 4.78 is 40.4. The minimum Gasteiger partial charge on any atom is -0.310 e. The van der Waals surface area contributed by atoms with Gasteiger partial charge in [-0.2, -0.15) is 0 Å². The molecule has 1 saturated carbocycles. The molecular formula is C14H21FN2O2S. The Bertz CT molecular complexity index is 569. The third-order valence-electron chi connectivity index (χ3n) is 3.14. The Labute approximate surface area is 119 Å². The van der Waals surface area contributed by atoms with Crippen LogP contribution in [-0.2, 0) is 16.6 Å². The van der Waals surface area contributed by atoms with Crippen LogP contribution in [0.4, 0.5) is 4.39 Å². The summed E-state index contributed by atoms with van der Waals surface area (Å²) in [6.45, 7) is 4.66. The first-order valence-electron chi connectivity index (χ1n) is 6.90. The van der Waals surface area contributed by atoms with E-state index in [0.717, 1.165) is 18.4 Å². The first-order chi connectivity index (χ1) is 9.38. The number of rotatable bonds is 7. The molecule has 2 N–H and O–H groups in total. The van der Waals surface area contributed by atoms with Crippen LogP contribution < -0.4 is 10.0 Å². The SMILES string of the molecule is CC(C)CNS(=O)(=O)c1cc(CNC2CC2)ccc1F. The summed E-state index contributed by atoms with van der Waals surface area (Å²) in [5.74, 6) is -0.538. The lowest BCUT2D eigenvalue weighted by atomic mass is 10.2. The summed E-state index contributed by atoms with van der Waals surface area (Å²) in [5.41, 5.74) is 0.781. The number of hydrogen-bond donors (Lipinski definition) is 2. The van der Waals surface area contributed by atoms with Gasteiger partial charge in [-0.05, 0) is 36.5 Å². The Hall–Kier alpha value is -0.980. The third kappa shape index (κ3) is 4.26. The van der Waals surface area contributed by atoms with Crippen LogP contribution in [0.2, 0.25) is 0 Å². The Morgan fingerprint density at radius 2 is 2.05 bits per heavy atom. The summed E-state index contributed by atoms with van der Waals surface area (Å²) in [7, 11) is -3.78. The second-order valence-corrected chi connectivity index (χ2v) is 7.40. The highest BCUT2D eigenvalue weighted by molar-refractivity contribution is 7.89. The molecule has 0 bridgehead atoms. The lowest BCUT2D eigenvalue weighted by Crippen LogP contribution is -2.28. The van der Waals surface area contributed by atoms with Crippen molar-refractivity contribution >= 4 is 10.0 Å². The van der Waals surface area contributed by atoms with Crippen LogP contribution in [0, 0.1) is 11.7 Å². The van der Waals surface area contributed by atoms with E-state index in [-0.39, 0.29) is 10.8 Å². The van der Waals surface area contributed by atoms with E-state index in [1.165, 1.54) is 12.1 Å². The van der Waals surface area contributed by atoms with Gasteiger partial charge in [0.15, 0.2) is 0 Å². The van der Waals surface area contributed by atoms with Gasteiger partial charge in [-0.25, -0.2) is 17.5 Å². The van der Waals surface area contributed by atoms with Crippen molar-refractivity contribution in [3.8, 4) is 0 Å². The molecule has 0 unspecified atom stereocenters. The van der Waals surface area contributed by atoms with Crippen molar-refractivity contribution in [2.45, 2.75) is 44.2 Å². The molecule has 2 rings (SSSR count). The van der Waals surface area contributed by atoms with Crippen molar-refractivity contribution in [1.82, 2.24) is 10.0 Å². The summed E-state index contributed by atoms with van der Waals surface area (Å²) in [6, 6.07) is 4.77. The Morgan fingerprint density at radius 3 is 2.65 bits per heavy atom. The topological polar surface area (TPSA) is 58.2 Å². The average Bonchev–Trinajstić information content (AvgIpc) is 3.19. The molecule has 6 heteroatoms. The molecule has 0 heterocycles. The molecule has 20 heavy (non-hydrogen) atoms. The van der Waals surface area contributed by atoms with Gasteiger partial charge in [-0.15, -0.1) is 0 Å². The average molecular weight is 300 g/mol. The van der Waals surface area contributed by atoms with Gasteiger partial charge in [0.2, 0.25) is 10.0 Å². The lowest BCUT2D eigenvalue weighted by molar-refractivity contribution is 0.542. The molecule has 0 radical (unpaired) electrons. The molecule has 0 saturated heterocycles. The van der Waals surface area contributed by atoms with Gasteiger partial charge < -0.3 is 5.32 Å². The van der Waals surface area contributed by atoms with E-state index in [4.69, 9.17) is 0 Å². The van der Waals surface area contributed by atoms with E-state index in [2.05, 4.69) is 10.0 Å². The van der Waals surface area contributed by atoms with Crippen LogP contribution >= 0.6 is 0 Å². The summed E-state index contributed by atoms with van der Waals surface area (Å²) >= 11 is 0. The zero-order valence-corrected chi connectivity index (χ0v) is 12.6. The van der Waals surface area contributed by atoms with E-state index in [9.17, 15) is 12.8 Å². The van der Waals surface area contributed by atoms with Gasteiger partial charge in [0.25, 0.3) is 0 Å². The Kier molecular flexibility index (Phi) is 4.78. The van der Waals surface area contributed by atoms with Gasteiger partial charge in [0, 0.05) is 19.1 Å². The predicted octanol–water partition coefficient (Wildman–Crippen LogP) is 2.01. The Balaban J connectivity index is 2.13. The summed E-state index contributed by atoms with van der Waals surface area (Å²) in [5, 5.41) is 3.28. The van der Waals surface area contributed by atoms with E-state index < -0.39 is 15.8 Å². The van der Waals surface area contributed by atoms with E-state index in [1.807, 2.05) is 13.8 Å². The van der Waals surface area contributed by atoms with E-state index in [0.29, 0.717) is 19.1 Å². The molecule has 1 fully saturated rings. The van der Waals surface area contributed by atoms with Gasteiger partial charge in [0.1, 0.15) is 10.7 Å². The molecule has 1 aromatic carbocycles. The fourth-order valence-electron chi connectivity index (χ4n) is 1.77. The molecule has 112 valence electrons. The van der Waals surface area contributed by atoms with Crippen molar-refractivity contribution in [2.24, 2.45) is 5.92 Å². The lowest BCUT2D eigenvalue weighted by Gasteiger charge is -2.11. The fraction of sp³-hybridized carbons (Fsp3) is 0.571. The maximum absolute atomic E-state index is 13.8. The van der Waals surface area contributed by atoms with Crippen LogP contribution in [0.5, 0.6) is 0 Å². The van der Waals surface area contributed by atoms with Crippen molar-refractivity contribution in [3.05, 3.63) is 29.6 Å². The molecule has 0 atom stereocenters. The maximum atomic E-state index is 13.8. The highest BCUT2D eigenvalue weighted by atomic mass is 32.2. The van der Waals surface area contributed by atoms with Crippen molar-refractivity contribution in [1.29, 1.82) is 0 Å². The third-order valence-corrected chi connectivity index (χ3v) is 4.58. The van der Waals surface area contributed by atoms with Gasteiger partial charge in [-0.3, -0.25) is 0 Å². The maximum Gasteiger partial charge on any atom is 0.243 e. The number of nitrogens with one attached hydrogen (secondary N) is 2. The van der Waals surface area contributed by atoms with Crippen LogP contribution in [0.25, 0.3) is 0 Å². The molecule has 1 aliphatic rings. The van der Waals surface area contributed by atoms with Crippen LogP contribution in [0.15, 0.2) is 23.1 Å². The van der Waals surface area contributed by atoms with Crippen LogP contribution in [0.3, 0.4) is 0 Å². The number of benzene rings is 1. The molecule has 1 aromatic rings. The molecule has 0 amide bonds. The molecule has 0 aliphatic heterocycles. The number of hydrogen-bond acceptors (Lipinski definition) is 3. The zero-order chi connectivity index (χ0) is 14.8. The Morgan fingerprint density at radius 1 is 1.35 bits per heavy atom. The number of sulfonamides is 1. The highest BCUT2D eigenvalue weighted by Crippen LogP contribution is 2.21. The predicted molar refractivity (Wildman–Crippen MR) is 76.3 cm³/mol. The molecule has 1 aliphatic carbocycles. The first-order valence-corrected chi connectivity index (χ1v) is 8.38. The molecule has 4 nitrogen and oxygen atoms in total. The highest BCUT2D eigenvalue weighted by Gasteiger charge is 2.22. The monoisotopic (exact) mass is 300 g/mol. The second kappa shape index (κ2) is 6.20. The van der Waals surface area contributed by atoms with Gasteiger partial charge >= 0.3 is 0 Å². The largest absolute Gasteiger partial charge is 0.310 e. The first kappa shape index (κ1) is 15.4. The second-order valence-electron chi connectivity index (χ2n) is 5.67. The summed E-state index contributed by atoms with van der Waals surface area (Å²) in [4.78, 5) is -0.270. The van der Waals surface area contributed by atoms with Crippen LogP contribution in [0.1, 0.15) is 32.3 Å². The normalized spacial score (nSPS) is 15.8. The molecule has 0 spiro atoms. The standard InChI is InChI=1S/C14H21FN2O2S/c1-10(2)8-17-20(18,19)14-7-11(3-6-13(14)15)9-16-12-4-5-12/h3,6-7,10,12,16-17H,4-5,8-9H2,1-2H3. The minimum atomic E-state index is -3.78. The fourth-order valence-corrected chi connectivity index (χ4v) is 3.11. The number of halogens is 1. The van der Waals surface area contributed by atoms with Crippen molar-refractivity contribution in [2.75, 3.05) is 6.54 Å². The quantitative estimate of drug-likeness (QED) is 0.810. The van der Waals surface area contributed by atoms with Crippen molar-refractivity contribution < 1.29 is 12.8 Å². The molecule has 0 aromatic heterocycles. The smallest absolute Gasteiger partial charge is 0.243 e.